The molecule has 2 heterocycles. The molecule has 0 radical (unpaired) electrons. The Hall–Kier alpha value is -1.93. The van der Waals surface area contributed by atoms with Crippen molar-refractivity contribution in [2.45, 2.75) is 13.2 Å². The lowest BCUT2D eigenvalue weighted by Crippen LogP contribution is -2.08. The number of H-pyrrole nitrogens is 1. The molecule has 0 aromatic carbocycles. The predicted octanol–water partition coefficient (Wildman–Crippen LogP) is 0.567. The Morgan fingerprint density at radius 1 is 1.56 bits per heavy atom. The number of rotatable bonds is 5. The highest BCUT2D eigenvalue weighted by Gasteiger charge is 2.03. The number of methoxy groups -OCH3 is 1. The first-order valence-corrected chi connectivity index (χ1v) is 6.08. The number of nitrogen functional groups attached to an aromatic ring is 1. The molecule has 0 spiro atoms. The van der Waals surface area contributed by atoms with E-state index < -0.39 is 0 Å². The molecular formula is C10H13N5O2S. The van der Waals surface area contributed by atoms with Crippen LogP contribution < -0.4 is 15.9 Å². The normalized spacial score (nSPS) is 10.5. The Morgan fingerprint density at radius 2 is 2.39 bits per heavy atom. The molecule has 0 aliphatic carbocycles. The predicted molar refractivity (Wildman–Crippen MR) is 69.4 cm³/mol. The highest BCUT2D eigenvalue weighted by atomic mass is 32.1. The fourth-order valence-corrected chi connectivity index (χ4v) is 1.97. The molecule has 0 saturated carbocycles. The Balaban J connectivity index is 2.06. The van der Waals surface area contributed by atoms with Crippen LogP contribution in [0, 0.1) is 0 Å². The molecule has 0 amide bonds. The number of nitrogens with one attached hydrogen (secondary N) is 2. The van der Waals surface area contributed by atoms with Crippen molar-refractivity contribution >= 4 is 23.0 Å². The number of thiazole rings is 1. The minimum Gasteiger partial charge on any atom is -0.384 e. The zero-order valence-corrected chi connectivity index (χ0v) is 10.6. The van der Waals surface area contributed by atoms with E-state index in [0.29, 0.717) is 30.6 Å². The summed E-state index contributed by atoms with van der Waals surface area (Å²) in [6.45, 7) is 0.774. The molecule has 96 valence electrons. The van der Waals surface area contributed by atoms with Crippen LogP contribution in [0.25, 0.3) is 0 Å². The molecule has 8 heteroatoms. The van der Waals surface area contributed by atoms with E-state index in [9.17, 15) is 4.79 Å². The lowest BCUT2D eigenvalue weighted by Gasteiger charge is -2.07. The van der Waals surface area contributed by atoms with Gasteiger partial charge in [0.25, 0.3) is 0 Å². The van der Waals surface area contributed by atoms with Crippen LogP contribution in [0.5, 0.6) is 0 Å². The van der Waals surface area contributed by atoms with Gasteiger partial charge < -0.3 is 20.8 Å². The van der Waals surface area contributed by atoms with Gasteiger partial charge in [-0.2, -0.15) is 0 Å². The molecule has 0 bridgehead atoms. The van der Waals surface area contributed by atoms with Crippen LogP contribution in [0.3, 0.4) is 0 Å². The Morgan fingerprint density at radius 3 is 3.06 bits per heavy atom. The summed E-state index contributed by atoms with van der Waals surface area (Å²) in [6.07, 6.45) is 0. The fraction of sp³-hybridized carbons (Fsp3) is 0.300. The molecule has 7 nitrogen and oxygen atoms in total. The number of ether oxygens (including phenoxy) is 1. The molecule has 0 unspecified atom stereocenters. The van der Waals surface area contributed by atoms with Gasteiger partial charge in [0, 0.05) is 24.3 Å². The standard InChI is InChI=1S/C10H13N5O2S/c1-17-4-9-14-7(11)2-8(15-9)12-3-6-5-18-10(16)13-6/h2,5H,3-4H2,1H3,(H,13,16)(H3,11,12,14,15). The maximum absolute atomic E-state index is 11.0. The van der Waals surface area contributed by atoms with Gasteiger partial charge in [0.2, 0.25) is 0 Å². The highest BCUT2D eigenvalue weighted by molar-refractivity contribution is 7.07. The molecule has 2 rings (SSSR count). The van der Waals surface area contributed by atoms with Crippen LogP contribution in [-0.2, 0) is 17.9 Å². The third-order valence-corrected chi connectivity index (χ3v) is 2.82. The summed E-state index contributed by atoms with van der Waals surface area (Å²) in [6, 6.07) is 1.63. The van der Waals surface area contributed by atoms with E-state index >= 15 is 0 Å². The molecule has 0 aliphatic heterocycles. The first kappa shape index (κ1) is 12.5. The lowest BCUT2D eigenvalue weighted by molar-refractivity contribution is 0.178. The number of nitrogens with zero attached hydrogens (tertiary/aromatic N) is 2. The van der Waals surface area contributed by atoms with Crippen LogP contribution in [0.2, 0.25) is 0 Å². The second-order valence-corrected chi connectivity index (χ2v) is 4.40. The van der Waals surface area contributed by atoms with Gasteiger partial charge in [0.05, 0.1) is 6.54 Å². The molecular weight excluding hydrogens is 254 g/mol. The van der Waals surface area contributed by atoms with Gasteiger partial charge in [-0.05, 0) is 0 Å². The van der Waals surface area contributed by atoms with Crippen molar-refractivity contribution in [1.29, 1.82) is 0 Å². The van der Waals surface area contributed by atoms with Crippen molar-refractivity contribution in [3.05, 3.63) is 32.6 Å². The van der Waals surface area contributed by atoms with Crippen LogP contribution >= 0.6 is 11.3 Å². The van der Waals surface area contributed by atoms with Crippen molar-refractivity contribution in [2.24, 2.45) is 0 Å². The molecule has 0 saturated heterocycles. The van der Waals surface area contributed by atoms with E-state index in [4.69, 9.17) is 10.5 Å². The van der Waals surface area contributed by atoms with Crippen molar-refractivity contribution < 1.29 is 4.74 Å². The maximum atomic E-state index is 11.0. The smallest absolute Gasteiger partial charge is 0.304 e. The van der Waals surface area contributed by atoms with Gasteiger partial charge in [0.1, 0.15) is 18.2 Å². The van der Waals surface area contributed by atoms with Gasteiger partial charge in [-0.15, -0.1) is 0 Å². The number of hydrogen-bond acceptors (Lipinski definition) is 7. The number of aromatic nitrogens is 3. The van der Waals surface area contributed by atoms with Crippen LogP contribution in [-0.4, -0.2) is 22.1 Å². The van der Waals surface area contributed by atoms with Crippen molar-refractivity contribution in [2.75, 3.05) is 18.2 Å². The SMILES string of the molecule is COCc1nc(N)cc(NCc2csc(=O)[nH]2)n1. The summed E-state index contributed by atoms with van der Waals surface area (Å²) in [5.74, 6) is 1.48. The van der Waals surface area contributed by atoms with E-state index in [1.807, 2.05) is 0 Å². The number of anilines is 2. The lowest BCUT2D eigenvalue weighted by atomic mass is 10.4. The largest absolute Gasteiger partial charge is 0.384 e. The first-order chi connectivity index (χ1) is 8.67. The summed E-state index contributed by atoms with van der Waals surface area (Å²) >= 11 is 1.13. The summed E-state index contributed by atoms with van der Waals surface area (Å²) in [7, 11) is 1.57. The van der Waals surface area contributed by atoms with Crippen molar-refractivity contribution in [3.63, 3.8) is 0 Å². The monoisotopic (exact) mass is 267 g/mol. The van der Waals surface area contributed by atoms with E-state index in [1.54, 1.807) is 18.6 Å². The van der Waals surface area contributed by atoms with Gasteiger partial charge in [-0.3, -0.25) is 4.79 Å². The van der Waals surface area contributed by atoms with Crippen LogP contribution in [0.15, 0.2) is 16.2 Å². The van der Waals surface area contributed by atoms with Crippen molar-refractivity contribution in [3.8, 4) is 0 Å². The molecule has 0 atom stereocenters. The third kappa shape index (κ3) is 3.28. The third-order valence-electron chi connectivity index (χ3n) is 2.10. The first-order valence-electron chi connectivity index (χ1n) is 5.20. The average molecular weight is 267 g/mol. The van der Waals surface area contributed by atoms with E-state index in [1.165, 1.54) is 0 Å². The van der Waals surface area contributed by atoms with E-state index in [-0.39, 0.29) is 4.87 Å². The molecule has 2 aromatic heterocycles. The molecule has 0 aliphatic rings. The summed E-state index contributed by atoms with van der Waals surface area (Å²) in [5.41, 5.74) is 6.46. The summed E-state index contributed by atoms with van der Waals surface area (Å²) in [5, 5.41) is 4.82. The van der Waals surface area contributed by atoms with E-state index in [2.05, 4.69) is 20.3 Å². The zero-order chi connectivity index (χ0) is 13.0. The minimum atomic E-state index is -0.0749. The number of nitrogens with two attached hydrogens (primary N) is 1. The fourth-order valence-electron chi connectivity index (χ4n) is 1.39. The maximum Gasteiger partial charge on any atom is 0.304 e. The quantitative estimate of drug-likeness (QED) is 0.731. The van der Waals surface area contributed by atoms with Crippen LogP contribution in [0.4, 0.5) is 11.6 Å². The highest BCUT2D eigenvalue weighted by Crippen LogP contribution is 2.10. The number of hydrogen-bond donors (Lipinski definition) is 3. The molecule has 4 N–H and O–H groups in total. The Labute approximate surface area is 107 Å². The summed E-state index contributed by atoms with van der Waals surface area (Å²) in [4.78, 5) is 21.9. The van der Waals surface area contributed by atoms with Gasteiger partial charge in [-0.1, -0.05) is 11.3 Å². The number of aromatic amines is 1. The van der Waals surface area contributed by atoms with E-state index in [0.717, 1.165) is 17.0 Å². The zero-order valence-electron chi connectivity index (χ0n) is 9.77. The molecule has 2 aromatic rings. The van der Waals surface area contributed by atoms with Gasteiger partial charge in [-0.25, -0.2) is 9.97 Å². The minimum absolute atomic E-state index is 0.0749. The van der Waals surface area contributed by atoms with Crippen molar-refractivity contribution in [1.82, 2.24) is 15.0 Å². The van der Waals surface area contributed by atoms with Crippen LogP contribution in [0.1, 0.15) is 11.5 Å². The second kappa shape index (κ2) is 5.61. The average Bonchev–Trinajstić information content (AvgIpc) is 2.72. The Kier molecular flexibility index (Phi) is 3.90. The van der Waals surface area contributed by atoms with Gasteiger partial charge >= 0.3 is 4.87 Å². The Bertz CT molecular complexity index is 580. The molecule has 0 fully saturated rings. The topological polar surface area (TPSA) is 106 Å². The molecule has 18 heavy (non-hydrogen) atoms. The summed E-state index contributed by atoms with van der Waals surface area (Å²) < 4.78 is 4.95. The van der Waals surface area contributed by atoms with Gasteiger partial charge in [0.15, 0.2) is 5.82 Å². The second-order valence-electron chi connectivity index (χ2n) is 3.55.